The number of carbonyl (C=O) groups excluding carboxylic acids is 3. The number of sulfonamides is 1. The fraction of sp³-hybridized carbons (Fsp3) is 0.526. The third-order valence-electron chi connectivity index (χ3n) is 5.02. The van der Waals surface area contributed by atoms with Crippen molar-refractivity contribution in [3.63, 3.8) is 0 Å². The molecule has 1 aromatic rings. The number of esters is 1. The SMILES string of the molecule is O=C(COC(=O)c1ccc(N2CCCS2(=O)=O)cc1)NC(=O)NC1CCCCC1. The summed E-state index contributed by atoms with van der Waals surface area (Å²) in [5, 5.41) is 4.89. The Kier molecular flexibility index (Phi) is 6.73. The number of nitrogens with one attached hydrogen (secondary N) is 2. The second-order valence-electron chi connectivity index (χ2n) is 7.22. The van der Waals surface area contributed by atoms with Crippen molar-refractivity contribution in [1.29, 1.82) is 0 Å². The normalized spacial score (nSPS) is 18.8. The van der Waals surface area contributed by atoms with Gasteiger partial charge in [0.2, 0.25) is 10.0 Å². The monoisotopic (exact) mass is 423 g/mol. The number of carbonyl (C=O) groups is 3. The molecule has 0 atom stereocenters. The third-order valence-corrected chi connectivity index (χ3v) is 6.89. The fourth-order valence-electron chi connectivity index (χ4n) is 3.54. The number of anilines is 1. The van der Waals surface area contributed by atoms with Gasteiger partial charge in [-0.15, -0.1) is 0 Å². The number of rotatable bonds is 5. The summed E-state index contributed by atoms with van der Waals surface area (Å²) in [6.07, 6.45) is 5.62. The minimum Gasteiger partial charge on any atom is -0.452 e. The number of benzene rings is 1. The standard InChI is InChI=1S/C19H25N3O6S/c23-17(21-19(25)20-15-5-2-1-3-6-15)13-28-18(24)14-7-9-16(10-8-14)22-11-4-12-29(22,26)27/h7-10,15H,1-6,11-13H2,(H2,20,21,23,25). The van der Waals surface area contributed by atoms with Gasteiger partial charge in [0.15, 0.2) is 6.61 Å². The summed E-state index contributed by atoms with van der Waals surface area (Å²) in [6.45, 7) is -0.172. The first-order chi connectivity index (χ1) is 13.8. The summed E-state index contributed by atoms with van der Waals surface area (Å²) < 4.78 is 30.1. The predicted octanol–water partition coefficient (Wildman–Crippen LogP) is 1.54. The van der Waals surface area contributed by atoms with Gasteiger partial charge in [-0.2, -0.15) is 0 Å². The van der Waals surface area contributed by atoms with Gasteiger partial charge in [0.1, 0.15) is 0 Å². The van der Waals surface area contributed by atoms with E-state index in [9.17, 15) is 22.8 Å². The van der Waals surface area contributed by atoms with Crippen LogP contribution in [0, 0.1) is 0 Å². The Balaban J connectivity index is 1.45. The molecule has 10 heteroatoms. The molecular formula is C19H25N3O6S. The maximum atomic E-state index is 12.1. The highest BCUT2D eigenvalue weighted by molar-refractivity contribution is 7.93. The Morgan fingerprint density at radius 3 is 2.34 bits per heavy atom. The van der Waals surface area contributed by atoms with E-state index in [1.807, 2.05) is 0 Å². The van der Waals surface area contributed by atoms with Crippen LogP contribution in [-0.2, 0) is 19.6 Å². The Morgan fingerprint density at radius 2 is 1.72 bits per heavy atom. The predicted molar refractivity (Wildman–Crippen MR) is 106 cm³/mol. The van der Waals surface area contributed by atoms with Crippen LogP contribution in [0.2, 0.25) is 0 Å². The average Bonchev–Trinajstić information content (AvgIpc) is 3.06. The second kappa shape index (κ2) is 9.25. The molecule has 2 N–H and O–H groups in total. The Hall–Kier alpha value is -2.62. The molecule has 0 aromatic heterocycles. The van der Waals surface area contributed by atoms with E-state index in [1.165, 1.54) is 28.6 Å². The lowest BCUT2D eigenvalue weighted by Crippen LogP contribution is -2.46. The molecule has 1 aromatic carbocycles. The van der Waals surface area contributed by atoms with Crippen LogP contribution >= 0.6 is 0 Å². The van der Waals surface area contributed by atoms with Gasteiger partial charge in [0, 0.05) is 12.6 Å². The van der Waals surface area contributed by atoms with Crippen LogP contribution in [-0.4, -0.2) is 51.3 Å². The van der Waals surface area contributed by atoms with Gasteiger partial charge in [-0.05, 0) is 43.5 Å². The van der Waals surface area contributed by atoms with Gasteiger partial charge < -0.3 is 10.1 Å². The summed E-state index contributed by atoms with van der Waals surface area (Å²) in [7, 11) is -3.29. The van der Waals surface area contributed by atoms with Gasteiger partial charge in [0.25, 0.3) is 5.91 Å². The maximum absolute atomic E-state index is 12.1. The third kappa shape index (κ3) is 5.69. The zero-order chi connectivity index (χ0) is 20.9. The molecule has 3 rings (SSSR count). The second-order valence-corrected chi connectivity index (χ2v) is 9.23. The van der Waals surface area contributed by atoms with Crippen molar-refractivity contribution >= 4 is 33.6 Å². The number of hydrogen-bond donors (Lipinski definition) is 2. The summed E-state index contributed by atoms with van der Waals surface area (Å²) in [5.41, 5.74) is 0.668. The zero-order valence-corrected chi connectivity index (χ0v) is 16.9. The minimum absolute atomic E-state index is 0.0667. The first-order valence-corrected chi connectivity index (χ1v) is 11.3. The highest BCUT2D eigenvalue weighted by atomic mass is 32.2. The Morgan fingerprint density at radius 1 is 1.03 bits per heavy atom. The van der Waals surface area contributed by atoms with Crippen molar-refractivity contribution in [3.8, 4) is 0 Å². The molecule has 0 spiro atoms. The zero-order valence-electron chi connectivity index (χ0n) is 16.1. The Bertz CT molecular complexity index is 862. The number of ether oxygens (including phenoxy) is 1. The van der Waals surface area contributed by atoms with Gasteiger partial charge >= 0.3 is 12.0 Å². The quantitative estimate of drug-likeness (QED) is 0.693. The van der Waals surface area contributed by atoms with Crippen LogP contribution in [0.4, 0.5) is 10.5 Å². The van der Waals surface area contributed by atoms with Gasteiger partial charge in [-0.25, -0.2) is 18.0 Å². The maximum Gasteiger partial charge on any atom is 0.338 e. The van der Waals surface area contributed by atoms with Crippen LogP contribution in [0.15, 0.2) is 24.3 Å². The first kappa shape index (κ1) is 21.1. The van der Waals surface area contributed by atoms with Crippen molar-refractivity contribution < 1.29 is 27.5 Å². The van der Waals surface area contributed by atoms with E-state index < -0.39 is 34.5 Å². The first-order valence-electron chi connectivity index (χ1n) is 9.73. The lowest BCUT2D eigenvalue weighted by Gasteiger charge is -2.22. The topological polar surface area (TPSA) is 122 Å². The summed E-state index contributed by atoms with van der Waals surface area (Å²) in [5.74, 6) is -1.34. The molecule has 1 aliphatic carbocycles. The minimum atomic E-state index is -3.29. The molecule has 0 radical (unpaired) electrons. The van der Waals surface area contributed by atoms with E-state index >= 15 is 0 Å². The van der Waals surface area contributed by atoms with E-state index in [0.717, 1.165) is 32.1 Å². The molecule has 9 nitrogen and oxygen atoms in total. The van der Waals surface area contributed by atoms with Crippen molar-refractivity contribution in [2.45, 2.75) is 44.6 Å². The summed E-state index contributed by atoms with van der Waals surface area (Å²) >= 11 is 0. The number of imide groups is 1. The molecule has 3 amide bonds. The van der Waals surface area contributed by atoms with Crippen molar-refractivity contribution in [2.75, 3.05) is 23.2 Å². The lowest BCUT2D eigenvalue weighted by atomic mass is 9.96. The van der Waals surface area contributed by atoms with Gasteiger partial charge in [0.05, 0.1) is 17.0 Å². The summed E-state index contributed by atoms with van der Waals surface area (Å²) in [6, 6.07) is 5.42. The van der Waals surface area contributed by atoms with Crippen LogP contribution in [0.5, 0.6) is 0 Å². The average molecular weight is 423 g/mol. The number of amides is 3. The number of urea groups is 1. The molecule has 1 aliphatic heterocycles. The smallest absolute Gasteiger partial charge is 0.338 e. The molecule has 158 valence electrons. The van der Waals surface area contributed by atoms with E-state index in [2.05, 4.69) is 10.6 Å². The molecule has 0 bridgehead atoms. The van der Waals surface area contributed by atoms with E-state index in [-0.39, 0.29) is 17.4 Å². The van der Waals surface area contributed by atoms with Gasteiger partial charge in [-0.1, -0.05) is 19.3 Å². The van der Waals surface area contributed by atoms with E-state index in [0.29, 0.717) is 18.7 Å². The fourth-order valence-corrected chi connectivity index (χ4v) is 5.10. The van der Waals surface area contributed by atoms with Gasteiger partial charge in [-0.3, -0.25) is 14.4 Å². The Labute approximate surface area is 169 Å². The van der Waals surface area contributed by atoms with E-state index in [4.69, 9.17) is 4.74 Å². The summed E-state index contributed by atoms with van der Waals surface area (Å²) in [4.78, 5) is 35.7. The highest BCUT2D eigenvalue weighted by Crippen LogP contribution is 2.24. The lowest BCUT2D eigenvalue weighted by molar-refractivity contribution is -0.123. The van der Waals surface area contributed by atoms with Crippen molar-refractivity contribution in [1.82, 2.24) is 10.6 Å². The van der Waals surface area contributed by atoms with Crippen LogP contribution in [0.25, 0.3) is 0 Å². The molecule has 1 heterocycles. The molecule has 0 unspecified atom stereocenters. The van der Waals surface area contributed by atoms with Crippen molar-refractivity contribution in [2.24, 2.45) is 0 Å². The highest BCUT2D eigenvalue weighted by Gasteiger charge is 2.28. The number of nitrogens with zero attached hydrogens (tertiary/aromatic N) is 1. The van der Waals surface area contributed by atoms with Crippen molar-refractivity contribution in [3.05, 3.63) is 29.8 Å². The van der Waals surface area contributed by atoms with Crippen LogP contribution in [0.3, 0.4) is 0 Å². The molecule has 2 aliphatic rings. The molecular weight excluding hydrogens is 398 g/mol. The van der Waals surface area contributed by atoms with Crippen LogP contribution in [0.1, 0.15) is 48.9 Å². The van der Waals surface area contributed by atoms with Crippen LogP contribution < -0.4 is 14.9 Å². The van der Waals surface area contributed by atoms with E-state index in [1.54, 1.807) is 0 Å². The largest absolute Gasteiger partial charge is 0.452 e. The molecule has 2 fully saturated rings. The molecule has 1 saturated carbocycles. The molecule has 29 heavy (non-hydrogen) atoms. The number of hydrogen-bond acceptors (Lipinski definition) is 6. The molecule has 1 saturated heterocycles.